The van der Waals surface area contributed by atoms with Crippen molar-refractivity contribution in [2.45, 2.75) is 34.6 Å². The molecule has 1 unspecified atom stereocenters. The van der Waals surface area contributed by atoms with E-state index in [0.717, 1.165) is 37.5 Å². The van der Waals surface area contributed by atoms with Gasteiger partial charge in [-0.3, -0.25) is 4.99 Å². The Morgan fingerprint density at radius 2 is 1.87 bits per heavy atom. The number of aliphatic imine (C=N–C) groups is 1. The Balaban J connectivity index is 2.68. The van der Waals surface area contributed by atoms with E-state index in [1.807, 2.05) is 38.3 Å². The van der Waals surface area contributed by atoms with Gasteiger partial charge in [0.1, 0.15) is 0 Å². The SMILES string of the molecule is C/C=C\C1=C(/C=C\C)N=CC(C)(COCCN(CC)CC)C=C1. The number of ether oxygens (including phenoxy) is 1. The van der Waals surface area contributed by atoms with E-state index in [1.54, 1.807) is 0 Å². The van der Waals surface area contributed by atoms with Crippen LogP contribution in [-0.4, -0.2) is 44.0 Å². The van der Waals surface area contributed by atoms with Crippen LogP contribution in [0.1, 0.15) is 34.6 Å². The third kappa shape index (κ3) is 6.67. The van der Waals surface area contributed by atoms with Crippen LogP contribution in [0.4, 0.5) is 0 Å². The number of hydrogen-bond acceptors (Lipinski definition) is 3. The van der Waals surface area contributed by atoms with Crippen molar-refractivity contribution >= 4 is 6.21 Å². The summed E-state index contributed by atoms with van der Waals surface area (Å²) in [5.74, 6) is 0. The Bertz CT molecular complexity index is 462. The lowest BCUT2D eigenvalue weighted by atomic mass is 9.92. The first kappa shape index (κ1) is 19.6. The summed E-state index contributed by atoms with van der Waals surface area (Å²) in [4.78, 5) is 7.05. The van der Waals surface area contributed by atoms with Crippen LogP contribution in [0.3, 0.4) is 0 Å². The summed E-state index contributed by atoms with van der Waals surface area (Å²) in [6, 6.07) is 0. The van der Waals surface area contributed by atoms with Gasteiger partial charge in [0.15, 0.2) is 0 Å². The highest BCUT2D eigenvalue weighted by Gasteiger charge is 2.21. The maximum Gasteiger partial charge on any atom is 0.0694 e. The van der Waals surface area contributed by atoms with E-state index in [1.165, 1.54) is 0 Å². The molecule has 128 valence electrons. The van der Waals surface area contributed by atoms with E-state index in [2.05, 4.69) is 48.9 Å². The summed E-state index contributed by atoms with van der Waals surface area (Å²) in [7, 11) is 0. The first-order valence-corrected chi connectivity index (χ1v) is 8.62. The minimum Gasteiger partial charge on any atom is -0.379 e. The fourth-order valence-corrected chi connectivity index (χ4v) is 2.43. The normalized spacial score (nSPS) is 22.0. The molecule has 0 fully saturated rings. The Kier molecular flexibility index (Phi) is 8.82. The van der Waals surface area contributed by atoms with Gasteiger partial charge >= 0.3 is 0 Å². The lowest BCUT2D eigenvalue weighted by Crippen LogP contribution is -2.29. The highest BCUT2D eigenvalue weighted by Crippen LogP contribution is 2.24. The predicted octanol–water partition coefficient (Wildman–Crippen LogP) is 4.40. The van der Waals surface area contributed by atoms with Crippen LogP contribution in [0.2, 0.25) is 0 Å². The van der Waals surface area contributed by atoms with E-state index in [0.29, 0.717) is 6.61 Å². The number of rotatable bonds is 9. The Morgan fingerprint density at radius 1 is 1.17 bits per heavy atom. The van der Waals surface area contributed by atoms with E-state index in [-0.39, 0.29) is 5.41 Å². The zero-order valence-corrected chi connectivity index (χ0v) is 15.4. The molecule has 3 heteroatoms. The molecule has 0 aliphatic carbocycles. The van der Waals surface area contributed by atoms with E-state index < -0.39 is 0 Å². The fraction of sp³-hybridized carbons (Fsp3) is 0.550. The molecule has 0 radical (unpaired) electrons. The van der Waals surface area contributed by atoms with Crippen molar-refractivity contribution in [3.05, 3.63) is 47.7 Å². The minimum absolute atomic E-state index is 0.167. The Hall–Kier alpha value is -1.45. The van der Waals surface area contributed by atoms with Crippen molar-refractivity contribution < 1.29 is 4.74 Å². The van der Waals surface area contributed by atoms with Crippen molar-refractivity contribution in [3.63, 3.8) is 0 Å². The van der Waals surface area contributed by atoms with Crippen LogP contribution in [0.5, 0.6) is 0 Å². The summed E-state index contributed by atoms with van der Waals surface area (Å²) < 4.78 is 5.92. The Labute approximate surface area is 142 Å². The van der Waals surface area contributed by atoms with Crippen LogP contribution in [-0.2, 0) is 4.74 Å². The molecule has 0 aromatic carbocycles. The average Bonchev–Trinajstić information content (AvgIpc) is 2.70. The smallest absolute Gasteiger partial charge is 0.0694 e. The van der Waals surface area contributed by atoms with Gasteiger partial charge in [-0.15, -0.1) is 0 Å². The number of allylic oxidation sites excluding steroid dienone is 6. The molecule has 0 amide bonds. The maximum atomic E-state index is 5.92. The number of nitrogens with zero attached hydrogens (tertiary/aromatic N) is 2. The summed E-state index contributed by atoms with van der Waals surface area (Å²) in [5.41, 5.74) is 1.96. The summed E-state index contributed by atoms with van der Waals surface area (Å²) in [6.07, 6.45) is 14.6. The highest BCUT2D eigenvalue weighted by molar-refractivity contribution is 5.72. The first-order chi connectivity index (χ1) is 11.1. The number of likely N-dealkylation sites (N-methyl/N-ethyl adjacent to an activating group) is 1. The molecule has 3 nitrogen and oxygen atoms in total. The quantitative estimate of drug-likeness (QED) is 0.589. The van der Waals surface area contributed by atoms with Crippen molar-refractivity contribution in [2.75, 3.05) is 32.8 Å². The van der Waals surface area contributed by atoms with Gasteiger partial charge in [-0.05, 0) is 45.5 Å². The molecular formula is C20H32N2O. The van der Waals surface area contributed by atoms with E-state index in [9.17, 15) is 0 Å². The molecule has 0 N–H and O–H groups in total. The van der Waals surface area contributed by atoms with Crippen molar-refractivity contribution in [1.82, 2.24) is 4.90 Å². The zero-order valence-electron chi connectivity index (χ0n) is 15.4. The molecule has 0 spiro atoms. The monoisotopic (exact) mass is 316 g/mol. The predicted molar refractivity (Wildman–Crippen MR) is 101 cm³/mol. The van der Waals surface area contributed by atoms with Crippen LogP contribution in [0.25, 0.3) is 0 Å². The molecule has 1 aliphatic heterocycles. The van der Waals surface area contributed by atoms with Gasteiger partial charge < -0.3 is 9.64 Å². The summed E-state index contributed by atoms with van der Waals surface area (Å²) in [6.45, 7) is 15.1. The van der Waals surface area contributed by atoms with E-state index >= 15 is 0 Å². The summed E-state index contributed by atoms with van der Waals surface area (Å²) in [5, 5.41) is 0. The second kappa shape index (κ2) is 10.3. The van der Waals surface area contributed by atoms with Gasteiger partial charge in [0, 0.05) is 18.2 Å². The molecule has 0 saturated heterocycles. The van der Waals surface area contributed by atoms with Crippen molar-refractivity contribution in [3.8, 4) is 0 Å². The molecule has 1 rings (SSSR count). The molecule has 0 saturated carbocycles. The maximum absolute atomic E-state index is 5.92. The third-order valence-electron chi connectivity index (χ3n) is 3.97. The standard InChI is InChI=1S/C20H32N2O/c1-6-10-18-12-13-20(5,16-21-19(18)11-7-2)17-23-15-14-22(8-3)9-4/h6-7,10-13,16H,8-9,14-15,17H2,1-5H3/b10-6-,11-7-. The van der Waals surface area contributed by atoms with Crippen LogP contribution in [0.15, 0.2) is 52.7 Å². The first-order valence-electron chi connectivity index (χ1n) is 8.62. The molecule has 1 atom stereocenters. The van der Waals surface area contributed by atoms with Gasteiger partial charge in [0.2, 0.25) is 0 Å². The van der Waals surface area contributed by atoms with Gasteiger partial charge in [0.05, 0.1) is 18.9 Å². The second-order valence-corrected chi connectivity index (χ2v) is 6.02. The van der Waals surface area contributed by atoms with Gasteiger partial charge in [-0.25, -0.2) is 0 Å². The van der Waals surface area contributed by atoms with Crippen LogP contribution in [0, 0.1) is 5.41 Å². The third-order valence-corrected chi connectivity index (χ3v) is 3.97. The largest absolute Gasteiger partial charge is 0.379 e. The number of hydrogen-bond donors (Lipinski definition) is 0. The second-order valence-electron chi connectivity index (χ2n) is 6.02. The average molecular weight is 316 g/mol. The molecule has 0 bridgehead atoms. The molecule has 0 aromatic rings. The molecule has 23 heavy (non-hydrogen) atoms. The van der Waals surface area contributed by atoms with Gasteiger partial charge in [-0.1, -0.05) is 44.2 Å². The highest BCUT2D eigenvalue weighted by atomic mass is 16.5. The topological polar surface area (TPSA) is 24.8 Å². The summed E-state index contributed by atoms with van der Waals surface area (Å²) >= 11 is 0. The molecule has 1 aliphatic rings. The van der Waals surface area contributed by atoms with Crippen molar-refractivity contribution in [2.24, 2.45) is 10.4 Å². The van der Waals surface area contributed by atoms with Crippen LogP contribution >= 0.6 is 0 Å². The molecule has 0 aromatic heterocycles. The molecule has 1 heterocycles. The van der Waals surface area contributed by atoms with Gasteiger partial charge in [0.25, 0.3) is 0 Å². The van der Waals surface area contributed by atoms with E-state index in [4.69, 9.17) is 4.74 Å². The fourth-order valence-electron chi connectivity index (χ4n) is 2.43. The van der Waals surface area contributed by atoms with Crippen LogP contribution < -0.4 is 0 Å². The van der Waals surface area contributed by atoms with Crippen molar-refractivity contribution in [1.29, 1.82) is 0 Å². The lowest BCUT2D eigenvalue weighted by molar-refractivity contribution is 0.0818. The minimum atomic E-state index is -0.167. The van der Waals surface area contributed by atoms with Gasteiger partial charge in [-0.2, -0.15) is 0 Å². The Morgan fingerprint density at radius 3 is 2.48 bits per heavy atom. The molecular weight excluding hydrogens is 284 g/mol. The zero-order chi connectivity index (χ0) is 17.1. The lowest BCUT2D eigenvalue weighted by Gasteiger charge is -2.22.